The van der Waals surface area contributed by atoms with Crippen molar-refractivity contribution in [2.75, 3.05) is 6.61 Å². The second-order valence-electron chi connectivity index (χ2n) is 4.74. The zero-order valence-corrected chi connectivity index (χ0v) is 11.5. The summed E-state index contributed by atoms with van der Waals surface area (Å²) in [7, 11) is 0. The van der Waals surface area contributed by atoms with E-state index in [0.717, 1.165) is 31.1 Å². The lowest BCUT2D eigenvalue weighted by molar-refractivity contribution is 0.117. The van der Waals surface area contributed by atoms with Gasteiger partial charge in [0.15, 0.2) is 0 Å². The maximum atomic E-state index is 5.68. The SMILES string of the molecule is CCCCOCc1cc(CNC(C)C)oc1C. The molecule has 0 saturated carbocycles. The van der Waals surface area contributed by atoms with Crippen LogP contribution in [0.3, 0.4) is 0 Å². The average molecular weight is 239 g/mol. The van der Waals surface area contributed by atoms with Crippen LogP contribution >= 0.6 is 0 Å². The summed E-state index contributed by atoms with van der Waals surface area (Å²) < 4.78 is 11.3. The third-order valence-electron chi connectivity index (χ3n) is 2.66. The highest BCUT2D eigenvalue weighted by molar-refractivity contribution is 5.19. The van der Waals surface area contributed by atoms with Crippen molar-refractivity contribution in [3.8, 4) is 0 Å². The van der Waals surface area contributed by atoms with Crippen molar-refractivity contribution in [3.05, 3.63) is 23.2 Å². The summed E-state index contributed by atoms with van der Waals surface area (Å²) in [6, 6.07) is 2.57. The Morgan fingerprint density at radius 1 is 1.41 bits per heavy atom. The zero-order chi connectivity index (χ0) is 12.7. The second-order valence-corrected chi connectivity index (χ2v) is 4.74. The smallest absolute Gasteiger partial charge is 0.118 e. The molecule has 0 aliphatic heterocycles. The van der Waals surface area contributed by atoms with Crippen molar-refractivity contribution in [2.24, 2.45) is 0 Å². The molecule has 0 fully saturated rings. The third kappa shape index (κ3) is 5.37. The van der Waals surface area contributed by atoms with Gasteiger partial charge in [-0.15, -0.1) is 0 Å². The topological polar surface area (TPSA) is 34.4 Å². The molecule has 0 aliphatic rings. The van der Waals surface area contributed by atoms with Gasteiger partial charge < -0.3 is 14.5 Å². The van der Waals surface area contributed by atoms with Crippen molar-refractivity contribution in [2.45, 2.75) is 59.7 Å². The van der Waals surface area contributed by atoms with Crippen LogP contribution in [0.25, 0.3) is 0 Å². The Balaban J connectivity index is 2.39. The molecule has 0 saturated heterocycles. The predicted molar refractivity (Wildman–Crippen MR) is 70.0 cm³/mol. The molecular weight excluding hydrogens is 214 g/mol. The van der Waals surface area contributed by atoms with Crippen LogP contribution in [0.4, 0.5) is 0 Å². The van der Waals surface area contributed by atoms with E-state index in [0.29, 0.717) is 12.6 Å². The molecule has 1 aromatic heterocycles. The quantitative estimate of drug-likeness (QED) is 0.706. The van der Waals surface area contributed by atoms with Crippen LogP contribution in [-0.4, -0.2) is 12.6 Å². The molecule has 3 nitrogen and oxygen atoms in total. The molecule has 0 radical (unpaired) electrons. The molecule has 0 aliphatic carbocycles. The fourth-order valence-corrected chi connectivity index (χ4v) is 1.55. The van der Waals surface area contributed by atoms with Crippen LogP contribution in [0, 0.1) is 6.92 Å². The molecule has 0 unspecified atom stereocenters. The predicted octanol–water partition coefficient (Wildman–Crippen LogP) is 3.40. The first-order valence-corrected chi connectivity index (χ1v) is 6.52. The number of hydrogen-bond donors (Lipinski definition) is 1. The number of ether oxygens (including phenoxy) is 1. The summed E-state index contributed by atoms with van der Waals surface area (Å²) in [6.45, 7) is 10.7. The van der Waals surface area contributed by atoms with Crippen molar-refractivity contribution in [1.82, 2.24) is 5.32 Å². The molecule has 0 spiro atoms. The fourth-order valence-electron chi connectivity index (χ4n) is 1.55. The lowest BCUT2D eigenvalue weighted by Gasteiger charge is -2.04. The fraction of sp³-hybridized carbons (Fsp3) is 0.714. The van der Waals surface area contributed by atoms with Gasteiger partial charge in [0.2, 0.25) is 0 Å². The minimum Gasteiger partial charge on any atom is -0.465 e. The Morgan fingerprint density at radius 2 is 2.18 bits per heavy atom. The summed E-state index contributed by atoms with van der Waals surface area (Å²) in [5.41, 5.74) is 1.17. The molecule has 1 aromatic rings. The van der Waals surface area contributed by atoms with Gasteiger partial charge in [-0.2, -0.15) is 0 Å². The van der Waals surface area contributed by atoms with Gasteiger partial charge in [-0.25, -0.2) is 0 Å². The first-order valence-electron chi connectivity index (χ1n) is 6.52. The van der Waals surface area contributed by atoms with Gasteiger partial charge >= 0.3 is 0 Å². The molecule has 3 heteroatoms. The normalized spacial score (nSPS) is 11.4. The molecule has 1 N–H and O–H groups in total. The van der Waals surface area contributed by atoms with Gasteiger partial charge in [0.1, 0.15) is 11.5 Å². The summed E-state index contributed by atoms with van der Waals surface area (Å²) >= 11 is 0. The van der Waals surface area contributed by atoms with Gasteiger partial charge in [-0.1, -0.05) is 27.2 Å². The molecule has 1 heterocycles. The minimum atomic E-state index is 0.477. The van der Waals surface area contributed by atoms with E-state index >= 15 is 0 Å². The van der Waals surface area contributed by atoms with E-state index in [1.54, 1.807) is 0 Å². The molecule has 1 rings (SSSR count). The summed E-state index contributed by atoms with van der Waals surface area (Å²) in [4.78, 5) is 0. The van der Waals surface area contributed by atoms with Gasteiger partial charge in [0.25, 0.3) is 0 Å². The largest absolute Gasteiger partial charge is 0.465 e. The van der Waals surface area contributed by atoms with Gasteiger partial charge in [-0.3, -0.25) is 0 Å². The number of unbranched alkanes of at least 4 members (excludes halogenated alkanes) is 1. The molecule has 98 valence electrons. The molecule has 17 heavy (non-hydrogen) atoms. The van der Waals surface area contributed by atoms with Crippen molar-refractivity contribution in [3.63, 3.8) is 0 Å². The van der Waals surface area contributed by atoms with E-state index in [2.05, 4.69) is 32.2 Å². The first-order chi connectivity index (χ1) is 8.13. The third-order valence-corrected chi connectivity index (χ3v) is 2.66. The number of aryl methyl sites for hydroxylation is 1. The van der Waals surface area contributed by atoms with E-state index < -0.39 is 0 Å². The number of hydrogen-bond acceptors (Lipinski definition) is 3. The Kier molecular flexibility index (Phi) is 6.30. The Bertz CT molecular complexity index is 318. The number of rotatable bonds is 8. The second kappa shape index (κ2) is 7.51. The Labute approximate surface area is 105 Å². The van der Waals surface area contributed by atoms with Gasteiger partial charge in [0, 0.05) is 18.2 Å². The monoisotopic (exact) mass is 239 g/mol. The number of nitrogens with one attached hydrogen (secondary N) is 1. The lowest BCUT2D eigenvalue weighted by atomic mass is 10.2. The zero-order valence-electron chi connectivity index (χ0n) is 11.5. The van der Waals surface area contributed by atoms with E-state index in [9.17, 15) is 0 Å². The van der Waals surface area contributed by atoms with Crippen molar-refractivity contribution in [1.29, 1.82) is 0 Å². The van der Waals surface area contributed by atoms with Crippen LogP contribution in [0.5, 0.6) is 0 Å². The van der Waals surface area contributed by atoms with Crippen LogP contribution in [0.15, 0.2) is 10.5 Å². The van der Waals surface area contributed by atoms with Crippen molar-refractivity contribution >= 4 is 0 Å². The standard InChI is InChI=1S/C14H25NO2/c1-5-6-7-16-10-13-8-14(17-12(13)4)9-15-11(2)3/h8,11,15H,5-7,9-10H2,1-4H3. The Morgan fingerprint density at radius 3 is 2.82 bits per heavy atom. The molecule has 0 atom stereocenters. The molecule has 0 amide bonds. The molecule has 0 aromatic carbocycles. The van der Waals surface area contributed by atoms with Crippen LogP contribution in [0.2, 0.25) is 0 Å². The number of furan rings is 1. The summed E-state index contributed by atoms with van der Waals surface area (Å²) in [6.07, 6.45) is 2.30. The van der Waals surface area contributed by atoms with Gasteiger partial charge in [-0.05, 0) is 19.4 Å². The molecule has 0 bridgehead atoms. The van der Waals surface area contributed by atoms with E-state index in [1.807, 2.05) is 6.92 Å². The summed E-state index contributed by atoms with van der Waals surface area (Å²) in [5, 5.41) is 3.34. The van der Waals surface area contributed by atoms with E-state index in [-0.39, 0.29) is 0 Å². The highest BCUT2D eigenvalue weighted by Gasteiger charge is 2.07. The van der Waals surface area contributed by atoms with Gasteiger partial charge in [0.05, 0.1) is 13.2 Å². The van der Waals surface area contributed by atoms with E-state index in [1.165, 1.54) is 12.0 Å². The molecular formula is C14H25NO2. The lowest BCUT2D eigenvalue weighted by Crippen LogP contribution is -2.21. The maximum Gasteiger partial charge on any atom is 0.118 e. The van der Waals surface area contributed by atoms with Crippen LogP contribution < -0.4 is 5.32 Å². The average Bonchev–Trinajstić information content (AvgIpc) is 2.63. The maximum absolute atomic E-state index is 5.68. The summed E-state index contributed by atoms with van der Waals surface area (Å²) in [5.74, 6) is 1.97. The Hall–Kier alpha value is -0.800. The minimum absolute atomic E-state index is 0.477. The first kappa shape index (κ1) is 14.3. The van der Waals surface area contributed by atoms with Crippen LogP contribution in [0.1, 0.15) is 50.7 Å². The van der Waals surface area contributed by atoms with Crippen molar-refractivity contribution < 1.29 is 9.15 Å². The van der Waals surface area contributed by atoms with E-state index in [4.69, 9.17) is 9.15 Å². The van der Waals surface area contributed by atoms with Crippen LogP contribution in [-0.2, 0) is 17.9 Å². The highest BCUT2D eigenvalue weighted by Crippen LogP contribution is 2.15. The highest BCUT2D eigenvalue weighted by atomic mass is 16.5.